The van der Waals surface area contributed by atoms with Gasteiger partial charge in [-0.25, -0.2) is 4.79 Å². The van der Waals surface area contributed by atoms with Crippen LogP contribution in [0.3, 0.4) is 0 Å². The number of carbonyl (C=O) groups is 1. The predicted octanol–water partition coefficient (Wildman–Crippen LogP) is 2.06. The van der Waals surface area contributed by atoms with Crippen LogP contribution in [0.2, 0.25) is 0 Å². The maximum Gasteiger partial charge on any atom is 0.409 e. The molecule has 0 radical (unpaired) electrons. The van der Waals surface area contributed by atoms with Crippen LogP contribution in [0.1, 0.15) is 18.9 Å². The van der Waals surface area contributed by atoms with Gasteiger partial charge in [0.15, 0.2) is 0 Å². The van der Waals surface area contributed by atoms with Crippen molar-refractivity contribution >= 4 is 6.09 Å². The number of nitrogens with one attached hydrogen (secondary N) is 1. The summed E-state index contributed by atoms with van der Waals surface area (Å²) in [6.45, 7) is 4.63. The molecule has 1 amide bonds. The zero-order valence-corrected chi connectivity index (χ0v) is 12.8. The second kappa shape index (κ2) is 7.88. The third kappa shape index (κ3) is 4.36. The molecule has 0 aliphatic carbocycles. The molecule has 1 N–H and O–H groups in total. The SMILES string of the molecule is CCOC(=O)N1CCC(NCCc2ccccc2OC)C1. The highest BCUT2D eigenvalue weighted by molar-refractivity contribution is 5.68. The molecule has 0 aromatic heterocycles. The Bertz CT molecular complexity index is 465. The van der Waals surface area contributed by atoms with Crippen molar-refractivity contribution in [1.82, 2.24) is 10.2 Å². The van der Waals surface area contributed by atoms with Gasteiger partial charge in [-0.2, -0.15) is 0 Å². The van der Waals surface area contributed by atoms with Gasteiger partial charge >= 0.3 is 6.09 Å². The van der Waals surface area contributed by atoms with E-state index in [1.807, 2.05) is 25.1 Å². The van der Waals surface area contributed by atoms with Crippen molar-refractivity contribution < 1.29 is 14.3 Å². The number of amides is 1. The van der Waals surface area contributed by atoms with Crippen LogP contribution >= 0.6 is 0 Å². The first kappa shape index (κ1) is 15.6. The molecule has 0 bridgehead atoms. The summed E-state index contributed by atoms with van der Waals surface area (Å²) in [5, 5.41) is 3.50. The molecular weight excluding hydrogens is 268 g/mol. The maximum absolute atomic E-state index is 11.6. The van der Waals surface area contributed by atoms with Crippen LogP contribution in [0.4, 0.5) is 4.79 Å². The van der Waals surface area contributed by atoms with Crippen molar-refractivity contribution in [2.75, 3.05) is 33.4 Å². The molecule has 1 unspecified atom stereocenters. The molecule has 5 heteroatoms. The molecule has 1 heterocycles. The normalized spacial score (nSPS) is 17.8. The fraction of sp³-hybridized carbons (Fsp3) is 0.562. The Kier molecular flexibility index (Phi) is 5.87. The summed E-state index contributed by atoms with van der Waals surface area (Å²) < 4.78 is 10.4. The van der Waals surface area contributed by atoms with Crippen molar-refractivity contribution in [2.24, 2.45) is 0 Å². The monoisotopic (exact) mass is 292 g/mol. The standard InChI is InChI=1S/C16H24N2O3/c1-3-21-16(19)18-11-9-14(12-18)17-10-8-13-6-4-5-7-15(13)20-2/h4-7,14,17H,3,8-12H2,1-2H3. The Hall–Kier alpha value is -1.75. The van der Waals surface area contributed by atoms with Crippen molar-refractivity contribution in [1.29, 1.82) is 0 Å². The van der Waals surface area contributed by atoms with Gasteiger partial charge in [-0.1, -0.05) is 18.2 Å². The quantitative estimate of drug-likeness (QED) is 0.872. The minimum atomic E-state index is -0.202. The maximum atomic E-state index is 11.6. The molecule has 1 aromatic rings. The number of hydrogen-bond donors (Lipinski definition) is 1. The Morgan fingerprint density at radius 3 is 3.00 bits per heavy atom. The number of carbonyl (C=O) groups excluding carboxylic acids is 1. The summed E-state index contributed by atoms with van der Waals surface area (Å²) >= 11 is 0. The Balaban J connectivity index is 1.73. The molecular formula is C16H24N2O3. The molecule has 1 aromatic carbocycles. The largest absolute Gasteiger partial charge is 0.496 e. The number of ether oxygens (including phenoxy) is 2. The first-order chi connectivity index (χ1) is 10.2. The summed E-state index contributed by atoms with van der Waals surface area (Å²) in [5.41, 5.74) is 1.20. The van der Waals surface area contributed by atoms with Crippen LogP contribution in [0.5, 0.6) is 5.75 Å². The second-order valence-electron chi connectivity index (χ2n) is 5.15. The lowest BCUT2D eigenvalue weighted by Crippen LogP contribution is -2.36. The first-order valence-corrected chi connectivity index (χ1v) is 7.51. The van der Waals surface area contributed by atoms with Crippen molar-refractivity contribution in [2.45, 2.75) is 25.8 Å². The van der Waals surface area contributed by atoms with Gasteiger partial charge in [-0.05, 0) is 37.9 Å². The van der Waals surface area contributed by atoms with Crippen LogP contribution < -0.4 is 10.1 Å². The second-order valence-corrected chi connectivity index (χ2v) is 5.15. The van der Waals surface area contributed by atoms with Gasteiger partial charge in [-0.3, -0.25) is 0 Å². The van der Waals surface area contributed by atoms with Crippen molar-refractivity contribution in [3.63, 3.8) is 0 Å². The van der Waals surface area contributed by atoms with Gasteiger partial charge in [0.05, 0.1) is 13.7 Å². The minimum absolute atomic E-state index is 0.202. The van der Waals surface area contributed by atoms with E-state index in [4.69, 9.17) is 9.47 Å². The van der Waals surface area contributed by atoms with E-state index in [2.05, 4.69) is 11.4 Å². The molecule has 1 saturated heterocycles. The summed E-state index contributed by atoms with van der Waals surface area (Å²) in [4.78, 5) is 13.4. The number of benzene rings is 1. The molecule has 5 nitrogen and oxygen atoms in total. The number of rotatable bonds is 6. The summed E-state index contributed by atoms with van der Waals surface area (Å²) in [6, 6.07) is 8.41. The van der Waals surface area contributed by atoms with E-state index < -0.39 is 0 Å². The number of likely N-dealkylation sites (tertiary alicyclic amines) is 1. The summed E-state index contributed by atoms with van der Waals surface area (Å²) in [5.74, 6) is 0.930. The summed E-state index contributed by atoms with van der Waals surface area (Å²) in [6.07, 6.45) is 1.69. The average molecular weight is 292 g/mol. The van der Waals surface area contributed by atoms with Crippen molar-refractivity contribution in [3.8, 4) is 5.75 Å². The molecule has 0 saturated carbocycles. The van der Waals surface area contributed by atoms with Crippen LogP contribution in [-0.4, -0.2) is 50.4 Å². The topological polar surface area (TPSA) is 50.8 Å². The third-order valence-corrected chi connectivity index (χ3v) is 3.73. The zero-order valence-electron chi connectivity index (χ0n) is 12.8. The number of nitrogens with zero attached hydrogens (tertiary/aromatic N) is 1. The Labute approximate surface area is 126 Å². The van der Waals surface area contributed by atoms with E-state index >= 15 is 0 Å². The fourth-order valence-electron chi connectivity index (χ4n) is 2.63. The number of hydrogen-bond acceptors (Lipinski definition) is 4. The van der Waals surface area contributed by atoms with Gasteiger partial charge in [0.25, 0.3) is 0 Å². The predicted molar refractivity (Wildman–Crippen MR) is 81.7 cm³/mol. The van der Waals surface area contributed by atoms with E-state index in [0.29, 0.717) is 12.6 Å². The lowest BCUT2D eigenvalue weighted by atomic mass is 10.1. The highest BCUT2D eigenvalue weighted by Crippen LogP contribution is 2.17. The molecule has 1 aliphatic rings. The van der Waals surface area contributed by atoms with Crippen molar-refractivity contribution in [3.05, 3.63) is 29.8 Å². The molecule has 2 rings (SSSR count). The smallest absolute Gasteiger partial charge is 0.409 e. The lowest BCUT2D eigenvalue weighted by molar-refractivity contribution is 0.115. The van der Waals surface area contributed by atoms with E-state index in [1.165, 1.54) is 5.56 Å². The molecule has 21 heavy (non-hydrogen) atoms. The van der Waals surface area contributed by atoms with E-state index in [0.717, 1.165) is 38.2 Å². The van der Waals surface area contributed by atoms with E-state index in [-0.39, 0.29) is 6.09 Å². The van der Waals surface area contributed by atoms with Crippen LogP contribution in [0.15, 0.2) is 24.3 Å². The molecule has 1 aliphatic heterocycles. The summed E-state index contributed by atoms with van der Waals surface area (Å²) in [7, 11) is 1.69. The molecule has 1 fully saturated rings. The first-order valence-electron chi connectivity index (χ1n) is 7.51. The van der Waals surface area contributed by atoms with Gasteiger partial charge in [0.1, 0.15) is 5.75 Å². The number of para-hydroxylation sites is 1. The minimum Gasteiger partial charge on any atom is -0.496 e. The van der Waals surface area contributed by atoms with E-state index in [1.54, 1.807) is 12.0 Å². The van der Waals surface area contributed by atoms with E-state index in [9.17, 15) is 4.79 Å². The molecule has 0 spiro atoms. The van der Waals surface area contributed by atoms with Crippen LogP contribution in [0.25, 0.3) is 0 Å². The number of methoxy groups -OCH3 is 1. The van der Waals surface area contributed by atoms with Gasteiger partial charge in [0, 0.05) is 19.1 Å². The zero-order chi connectivity index (χ0) is 15.1. The van der Waals surface area contributed by atoms with Crippen LogP contribution in [0, 0.1) is 0 Å². The lowest BCUT2D eigenvalue weighted by Gasteiger charge is -2.16. The average Bonchev–Trinajstić information content (AvgIpc) is 2.97. The fourth-order valence-corrected chi connectivity index (χ4v) is 2.63. The molecule has 1 atom stereocenters. The van der Waals surface area contributed by atoms with Gasteiger partial charge in [-0.15, -0.1) is 0 Å². The molecule has 116 valence electrons. The Morgan fingerprint density at radius 1 is 1.43 bits per heavy atom. The van der Waals surface area contributed by atoms with Gasteiger partial charge < -0.3 is 19.7 Å². The van der Waals surface area contributed by atoms with Crippen LogP contribution in [-0.2, 0) is 11.2 Å². The van der Waals surface area contributed by atoms with Gasteiger partial charge in [0.2, 0.25) is 0 Å². The highest BCUT2D eigenvalue weighted by Gasteiger charge is 2.26. The third-order valence-electron chi connectivity index (χ3n) is 3.73. The highest BCUT2D eigenvalue weighted by atomic mass is 16.6. The Morgan fingerprint density at radius 2 is 2.24 bits per heavy atom.